The first-order valence-electron chi connectivity index (χ1n) is 6.60. The summed E-state index contributed by atoms with van der Waals surface area (Å²) in [6, 6.07) is 5.32. The van der Waals surface area contributed by atoms with Crippen LogP contribution in [0, 0.1) is 6.92 Å². The third-order valence-electron chi connectivity index (χ3n) is 3.16. The Labute approximate surface area is 125 Å². The molecule has 2 aromatic rings. The summed E-state index contributed by atoms with van der Waals surface area (Å²) >= 11 is 1.27. The zero-order chi connectivity index (χ0) is 14.9. The molecule has 0 bridgehead atoms. The smallest absolute Gasteiger partial charge is 0.274 e. The van der Waals surface area contributed by atoms with E-state index >= 15 is 0 Å². The highest BCUT2D eigenvalue weighted by Crippen LogP contribution is 2.27. The number of rotatable bonds is 2. The molecule has 1 saturated heterocycles. The topological polar surface area (TPSA) is 46.8 Å². The van der Waals surface area contributed by atoms with E-state index in [9.17, 15) is 8.78 Å². The second kappa shape index (κ2) is 5.59. The van der Waals surface area contributed by atoms with Gasteiger partial charge in [-0.1, -0.05) is 0 Å². The quantitative estimate of drug-likeness (QED) is 0.850. The Morgan fingerprint density at radius 1 is 1.19 bits per heavy atom. The van der Waals surface area contributed by atoms with Crippen LogP contribution in [0.25, 0.3) is 5.82 Å². The third kappa shape index (κ3) is 3.31. The zero-order valence-electron chi connectivity index (χ0n) is 11.5. The Bertz CT molecular complexity index is 613. The summed E-state index contributed by atoms with van der Waals surface area (Å²) < 4.78 is 28.9. The van der Waals surface area contributed by atoms with E-state index in [4.69, 9.17) is 0 Å². The number of alkyl halides is 2. The molecule has 2 aromatic heterocycles. The van der Waals surface area contributed by atoms with Gasteiger partial charge in [0.1, 0.15) is 0 Å². The number of hydrogen-bond acceptors (Lipinski definition) is 5. The minimum Gasteiger partial charge on any atom is -0.348 e. The molecule has 0 N–H and O–H groups in total. The van der Waals surface area contributed by atoms with E-state index in [1.165, 1.54) is 11.8 Å². The van der Waals surface area contributed by atoms with Gasteiger partial charge >= 0.3 is 0 Å². The lowest BCUT2D eigenvalue weighted by Gasteiger charge is -2.24. The zero-order valence-corrected chi connectivity index (χ0v) is 12.4. The van der Waals surface area contributed by atoms with Crippen molar-refractivity contribution in [2.75, 3.05) is 29.5 Å². The molecule has 1 aliphatic rings. The number of hydrogen-bond donors (Lipinski definition) is 0. The molecule has 0 amide bonds. The molecule has 1 fully saturated rings. The lowest BCUT2D eigenvalue weighted by Crippen LogP contribution is -2.37. The Kier molecular flexibility index (Phi) is 3.79. The van der Waals surface area contributed by atoms with Gasteiger partial charge in [-0.15, -0.1) is 10.2 Å². The molecular weight excluding hydrogens is 296 g/mol. The van der Waals surface area contributed by atoms with E-state index < -0.39 is 5.92 Å². The van der Waals surface area contributed by atoms with E-state index in [2.05, 4.69) is 15.3 Å². The Morgan fingerprint density at radius 2 is 1.95 bits per heavy atom. The van der Waals surface area contributed by atoms with Crippen molar-refractivity contribution in [1.82, 2.24) is 20.0 Å². The predicted molar refractivity (Wildman–Crippen MR) is 78.4 cm³/mol. The van der Waals surface area contributed by atoms with Crippen LogP contribution >= 0.6 is 11.8 Å². The molecule has 3 heterocycles. The second-order valence-corrected chi connectivity index (χ2v) is 6.09. The fraction of sp³-hybridized carbons (Fsp3) is 0.462. The van der Waals surface area contributed by atoms with Crippen molar-refractivity contribution in [3.63, 3.8) is 0 Å². The molecule has 1 aliphatic heterocycles. The van der Waals surface area contributed by atoms with Crippen LogP contribution < -0.4 is 4.90 Å². The molecule has 0 spiro atoms. The monoisotopic (exact) mass is 311 g/mol. The van der Waals surface area contributed by atoms with Gasteiger partial charge in [-0.25, -0.2) is 13.5 Å². The van der Waals surface area contributed by atoms with Crippen molar-refractivity contribution in [2.45, 2.75) is 12.8 Å². The molecule has 112 valence electrons. The van der Waals surface area contributed by atoms with Crippen molar-refractivity contribution in [3.05, 3.63) is 30.1 Å². The fourth-order valence-electron chi connectivity index (χ4n) is 2.15. The minimum absolute atomic E-state index is 0.137. The van der Waals surface area contributed by atoms with Gasteiger partial charge in [0.2, 0.25) is 0 Å². The second-order valence-electron chi connectivity index (χ2n) is 4.98. The molecule has 0 aromatic carbocycles. The Morgan fingerprint density at radius 3 is 2.62 bits per heavy atom. The fourth-order valence-corrected chi connectivity index (χ4v) is 3.03. The van der Waals surface area contributed by atoms with Gasteiger partial charge in [0.05, 0.1) is 18.0 Å². The van der Waals surface area contributed by atoms with Gasteiger partial charge in [-0.3, -0.25) is 0 Å². The number of aryl methyl sites for hydroxylation is 1. The largest absolute Gasteiger partial charge is 0.348 e. The van der Waals surface area contributed by atoms with Crippen LogP contribution in [0.4, 0.5) is 14.6 Å². The van der Waals surface area contributed by atoms with Crippen molar-refractivity contribution in [3.8, 4) is 5.82 Å². The Balaban J connectivity index is 1.80. The van der Waals surface area contributed by atoms with Crippen LogP contribution in [0.1, 0.15) is 5.69 Å². The molecule has 0 unspecified atom stereocenters. The van der Waals surface area contributed by atoms with Gasteiger partial charge in [-0.2, -0.15) is 16.9 Å². The van der Waals surface area contributed by atoms with Crippen LogP contribution in [0.15, 0.2) is 24.4 Å². The van der Waals surface area contributed by atoms with Crippen molar-refractivity contribution in [1.29, 1.82) is 0 Å². The summed E-state index contributed by atoms with van der Waals surface area (Å²) in [5.74, 6) is -1.12. The number of thioether (sulfide) groups is 1. The van der Waals surface area contributed by atoms with E-state index in [1.807, 2.05) is 13.0 Å². The highest BCUT2D eigenvalue weighted by molar-refractivity contribution is 7.99. The molecular formula is C13H15F2N5S. The first-order valence-corrected chi connectivity index (χ1v) is 7.76. The number of nitrogens with zero attached hydrogens (tertiary/aromatic N) is 5. The van der Waals surface area contributed by atoms with Crippen LogP contribution in [0.5, 0.6) is 0 Å². The minimum atomic E-state index is -2.69. The van der Waals surface area contributed by atoms with Gasteiger partial charge in [0.25, 0.3) is 5.92 Å². The Hall–Kier alpha value is -1.70. The summed E-state index contributed by atoms with van der Waals surface area (Å²) in [6.45, 7) is 2.12. The van der Waals surface area contributed by atoms with E-state index in [0.717, 1.165) is 5.69 Å². The summed E-state index contributed by atoms with van der Waals surface area (Å²) in [7, 11) is 0. The van der Waals surface area contributed by atoms with Crippen LogP contribution in [0.2, 0.25) is 0 Å². The maximum Gasteiger partial charge on any atom is 0.274 e. The maximum absolute atomic E-state index is 13.6. The highest BCUT2D eigenvalue weighted by Gasteiger charge is 2.34. The summed E-state index contributed by atoms with van der Waals surface area (Å²) in [6.07, 6.45) is 1.79. The van der Waals surface area contributed by atoms with Crippen LogP contribution in [-0.4, -0.2) is 50.5 Å². The average molecular weight is 311 g/mol. The predicted octanol–water partition coefficient (Wildman–Crippen LogP) is 2.16. The molecule has 0 atom stereocenters. The van der Waals surface area contributed by atoms with Crippen molar-refractivity contribution >= 4 is 17.6 Å². The van der Waals surface area contributed by atoms with E-state index in [-0.39, 0.29) is 12.3 Å². The summed E-state index contributed by atoms with van der Waals surface area (Å²) in [5, 5.41) is 12.4. The SMILES string of the molecule is Cc1ccn(-c2ccc(N3CCSCC(F)(F)C3)nn2)n1. The summed E-state index contributed by atoms with van der Waals surface area (Å²) in [5.41, 5.74) is 0.880. The van der Waals surface area contributed by atoms with Crippen molar-refractivity contribution in [2.24, 2.45) is 0 Å². The van der Waals surface area contributed by atoms with Gasteiger partial charge in [0, 0.05) is 18.5 Å². The molecule has 0 radical (unpaired) electrons. The molecule has 5 nitrogen and oxygen atoms in total. The van der Waals surface area contributed by atoms with Gasteiger partial charge in [0.15, 0.2) is 11.6 Å². The maximum atomic E-state index is 13.6. The van der Waals surface area contributed by atoms with Gasteiger partial charge in [-0.05, 0) is 25.1 Å². The third-order valence-corrected chi connectivity index (χ3v) is 4.26. The number of halogens is 2. The van der Waals surface area contributed by atoms with Crippen molar-refractivity contribution < 1.29 is 8.78 Å². The lowest BCUT2D eigenvalue weighted by atomic mass is 10.3. The average Bonchev–Trinajstić information content (AvgIpc) is 2.80. The summed E-state index contributed by atoms with van der Waals surface area (Å²) in [4.78, 5) is 1.59. The standard InChI is InChI=1S/C13H15F2N5S/c1-10-4-5-20(18-10)12-3-2-11(16-17-12)19-6-7-21-9-13(14,15)8-19/h2-5H,6-9H2,1H3. The lowest BCUT2D eigenvalue weighted by molar-refractivity contribution is 0.0366. The van der Waals surface area contributed by atoms with Crippen LogP contribution in [-0.2, 0) is 0 Å². The first-order chi connectivity index (χ1) is 10.0. The molecule has 0 aliphatic carbocycles. The number of aromatic nitrogens is 4. The van der Waals surface area contributed by atoms with E-state index in [1.54, 1.807) is 27.9 Å². The van der Waals surface area contributed by atoms with Gasteiger partial charge < -0.3 is 4.90 Å². The van der Waals surface area contributed by atoms with Crippen LogP contribution in [0.3, 0.4) is 0 Å². The van der Waals surface area contributed by atoms with E-state index in [0.29, 0.717) is 23.9 Å². The molecule has 3 rings (SSSR count). The molecule has 0 saturated carbocycles. The first kappa shape index (κ1) is 14.2. The molecule has 8 heteroatoms. The normalized spacial score (nSPS) is 18.5. The molecule has 21 heavy (non-hydrogen) atoms. The highest BCUT2D eigenvalue weighted by atomic mass is 32.2. The number of anilines is 1.